The van der Waals surface area contributed by atoms with Crippen molar-refractivity contribution in [2.45, 2.75) is 84.0 Å². The van der Waals surface area contributed by atoms with Gasteiger partial charge in [-0.1, -0.05) is 75.9 Å². The zero-order valence-electron chi connectivity index (χ0n) is 26.1. The summed E-state index contributed by atoms with van der Waals surface area (Å²) in [5.74, 6) is -1.59. The van der Waals surface area contributed by atoms with E-state index in [1.165, 1.54) is 12.1 Å². The van der Waals surface area contributed by atoms with Gasteiger partial charge >= 0.3 is 6.09 Å². The molecule has 12 heteroatoms. The summed E-state index contributed by atoms with van der Waals surface area (Å²) in [6, 6.07) is 8.15. The first-order valence-corrected chi connectivity index (χ1v) is 16.2. The number of fused-ring (bicyclic) bond motifs is 3. The van der Waals surface area contributed by atoms with Crippen molar-refractivity contribution in [2.75, 3.05) is 6.54 Å². The molecule has 244 valence electrons. The highest BCUT2D eigenvalue weighted by molar-refractivity contribution is 6.38. The van der Waals surface area contributed by atoms with Crippen molar-refractivity contribution in [3.8, 4) is 0 Å². The number of primary amides is 1. The molecule has 6 N–H and O–H groups in total. The smallest absolute Gasteiger partial charge is 0.409 e. The Hall–Kier alpha value is -3.34. The van der Waals surface area contributed by atoms with E-state index in [0.717, 1.165) is 28.6 Å². The second kappa shape index (κ2) is 14.8. The van der Waals surface area contributed by atoms with Crippen LogP contribution in [-0.4, -0.2) is 47.2 Å². The molecule has 0 aliphatic heterocycles. The van der Waals surface area contributed by atoms with Crippen LogP contribution in [0.15, 0.2) is 36.4 Å². The number of nitrogens with two attached hydrogens (primary N) is 1. The molecule has 0 fully saturated rings. The number of nitrogens with one attached hydrogen (secondary N) is 4. The lowest BCUT2D eigenvalue weighted by Gasteiger charge is -2.39. The number of rotatable bonds is 13. The Bertz CT molecular complexity index is 1530. The summed E-state index contributed by atoms with van der Waals surface area (Å²) in [7, 11) is 0. The number of carbonyl (C=O) groups is 3. The topological polar surface area (TPSA) is 138 Å². The molecule has 1 aromatic heterocycles. The zero-order valence-corrected chi connectivity index (χ0v) is 27.6. The van der Waals surface area contributed by atoms with Gasteiger partial charge in [0.05, 0.1) is 16.6 Å². The minimum atomic E-state index is -1.44. The van der Waals surface area contributed by atoms with Crippen molar-refractivity contribution in [1.82, 2.24) is 20.9 Å². The Morgan fingerprint density at radius 3 is 2.38 bits per heavy atom. The van der Waals surface area contributed by atoms with E-state index in [9.17, 15) is 18.8 Å². The minimum absolute atomic E-state index is 0.0569. The first-order chi connectivity index (χ1) is 21.4. The molecule has 1 aliphatic rings. The van der Waals surface area contributed by atoms with Crippen molar-refractivity contribution in [2.24, 2.45) is 17.6 Å². The predicted octanol–water partition coefficient (Wildman–Crippen LogP) is 5.79. The Morgan fingerprint density at radius 2 is 1.73 bits per heavy atom. The van der Waals surface area contributed by atoms with Gasteiger partial charge in [0, 0.05) is 28.9 Å². The number of aromatic nitrogens is 1. The Morgan fingerprint density at radius 1 is 1.07 bits per heavy atom. The average Bonchev–Trinajstić information content (AvgIpc) is 3.35. The van der Waals surface area contributed by atoms with E-state index >= 15 is 0 Å². The third-order valence-corrected chi connectivity index (χ3v) is 9.40. The van der Waals surface area contributed by atoms with Crippen LogP contribution < -0.4 is 21.7 Å². The molecule has 0 spiro atoms. The molecule has 1 aliphatic carbocycles. The second-order valence-corrected chi connectivity index (χ2v) is 12.9. The maximum Gasteiger partial charge on any atom is 0.409 e. The lowest BCUT2D eigenvalue weighted by molar-refractivity contribution is -0.133. The van der Waals surface area contributed by atoms with Crippen molar-refractivity contribution < 1.29 is 23.5 Å². The number of H-pyrrole nitrogens is 1. The summed E-state index contributed by atoms with van der Waals surface area (Å²) in [6.45, 7) is 8.15. The van der Waals surface area contributed by atoms with Gasteiger partial charge in [-0.3, -0.25) is 9.59 Å². The molecule has 45 heavy (non-hydrogen) atoms. The maximum atomic E-state index is 14.0. The lowest BCUT2D eigenvalue weighted by Crippen LogP contribution is -2.61. The zero-order chi connectivity index (χ0) is 32.9. The SMILES string of the molecule is CCC(C)[C@H](NCCc1ccc(F)cc1)C(=O)N[C@@]1(OC(=O)NC(C(N)=O)[C@@H](C)CC)CCc2[nH]c3c(Cl)cc(Cl)cc3c2C1. The van der Waals surface area contributed by atoms with Crippen LogP contribution in [0.2, 0.25) is 10.0 Å². The van der Waals surface area contributed by atoms with Gasteiger partial charge in [0.2, 0.25) is 11.8 Å². The number of aromatic amines is 1. The van der Waals surface area contributed by atoms with E-state index in [1.54, 1.807) is 24.3 Å². The van der Waals surface area contributed by atoms with E-state index < -0.39 is 29.8 Å². The summed E-state index contributed by atoms with van der Waals surface area (Å²) in [4.78, 5) is 43.0. The first-order valence-electron chi connectivity index (χ1n) is 15.4. The molecular formula is C33H42Cl2FN5O4. The van der Waals surface area contributed by atoms with Crippen molar-refractivity contribution in [3.05, 3.63) is 69.1 Å². The Labute approximate surface area is 273 Å². The molecule has 2 unspecified atom stereocenters. The molecule has 2 aromatic carbocycles. The third-order valence-electron chi connectivity index (χ3n) is 8.88. The second-order valence-electron chi connectivity index (χ2n) is 12.0. The summed E-state index contributed by atoms with van der Waals surface area (Å²) < 4.78 is 19.4. The van der Waals surface area contributed by atoms with Gasteiger partial charge in [0.15, 0.2) is 5.72 Å². The summed E-state index contributed by atoms with van der Waals surface area (Å²) >= 11 is 12.8. The van der Waals surface area contributed by atoms with E-state index in [-0.39, 0.29) is 36.4 Å². The van der Waals surface area contributed by atoms with Crippen LogP contribution in [0.3, 0.4) is 0 Å². The van der Waals surface area contributed by atoms with Gasteiger partial charge in [-0.25, -0.2) is 9.18 Å². The normalized spacial score (nSPS) is 18.8. The largest absolute Gasteiger partial charge is 0.423 e. The van der Waals surface area contributed by atoms with Crippen LogP contribution >= 0.6 is 23.2 Å². The molecule has 9 nitrogen and oxygen atoms in total. The highest BCUT2D eigenvalue weighted by Crippen LogP contribution is 2.38. The molecular weight excluding hydrogens is 620 g/mol. The monoisotopic (exact) mass is 661 g/mol. The van der Waals surface area contributed by atoms with E-state index in [2.05, 4.69) is 20.9 Å². The summed E-state index contributed by atoms with van der Waals surface area (Å²) in [6.07, 6.45) is 1.92. The number of halogens is 3. The number of hydrogen-bond donors (Lipinski definition) is 5. The Balaban J connectivity index is 1.62. The van der Waals surface area contributed by atoms with Crippen molar-refractivity contribution in [3.63, 3.8) is 0 Å². The van der Waals surface area contributed by atoms with E-state index in [1.807, 2.05) is 27.7 Å². The van der Waals surface area contributed by atoms with Gasteiger partial charge < -0.3 is 31.4 Å². The fourth-order valence-electron chi connectivity index (χ4n) is 5.84. The molecule has 0 saturated heterocycles. The quantitative estimate of drug-likeness (QED) is 0.148. The third kappa shape index (κ3) is 8.28. The molecule has 3 amide bonds. The highest BCUT2D eigenvalue weighted by Gasteiger charge is 2.43. The highest BCUT2D eigenvalue weighted by atomic mass is 35.5. The molecule has 0 bridgehead atoms. The number of aryl methyl sites for hydroxylation is 1. The molecule has 0 saturated carbocycles. The van der Waals surface area contributed by atoms with E-state index in [0.29, 0.717) is 41.4 Å². The Kier molecular flexibility index (Phi) is 11.4. The van der Waals surface area contributed by atoms with Gasteiger partial charge in [0.1, 0.15) is 11.9 Å². The molecule has 4 rings (SSSR count). The minimum Gasteiger partial charge on any atom is -0.423 e. The maximum absolute atomic E-state index is 14.0. The average molecular weight is 663 g/mol. The van der Waals surface area contributed by atoms with Gasteiger partial charge in [0.25, 0.3) is 0 Å². The van der Waals surface area contributed by atoms with Crippen molar-refractivity contribution in [1.29, 1.82) is 0 Å². The molecule has 5 atom stereocenters. The molecule has 3 aromatic rings. The van der Waals surface area contributed by atoms with Crippen LogP contribution in [-0.2, 0) is 33.6 Å². The summed E-state index contributed by atoms with van der Waals surface area (Å²) in [5, 5.41) is 10.7. The number of carbonyl (C=O) groups excluding carboxylic acids is 3. The standard InChI is InChI=1S/C33H42Cl2FN5O4/c1-5-18(3)27(30(37)42)40-32(44)45-33(13-11-26-24(17-33)23-15-21(34)16-25(35)29(23)39-26)41-31(43)28(19(4)6-2)38-14-12-20-7-9-22(36)10-8-20/h7-10,15-16,18-19,27-28,38-39H,5-6,11-14,17H2,1-4H3,(H2,37,42)(H,40,44)(H,41,43)/t18-,19?,27?,28-,33+/m0/s1. The van der Waals surface area contributed by atoms with Gasteiger partial charge in [-0.2, -0.15) is 0 Å². The number of benzene rings is 2. The van der Waals surface area contributed by atoms with Crippen LogP contribution in [0.25, 0.3) is 10.9 Å². The number of amides is 3. The summed E-state index contributed by atoms with van der Waals surface area (Å²) in [5.41, 5.74) is 7.54. The fraction of sp³-hybridized carbons (Fsp3) is 0.485. The number of alkyl carbamates (subject to hydrolysis) is 1. The van der Waals surface area contributed by atoms with Gasteiger partial charge in [-0.15, -0.1) is 0 Å². The van der Waals surface area contributed by atoms with Crippen LogP contribution in [0.4, 0.5) is 9.18 Å². The van der Waals surface area contributed by atoms with Crippen LogP contribution in [0.5, 0.6) is 0 Å². The predicted molar refractivity (Wildman–Crippen MR) is 175 cm³/mol. The van der Waals surface area contributed by atoms with Gasteiger partial charge in [-0.05, 0) is 66.6 Å². The molecule has 1 heterocycles. The fourth-order valence-corrected chi connectivity index (χ4v) is 6.38. The molecule has 0 radical (unpaired) electrons. The number of ether oxygens (including phenoxy) is 1. The van der Waals surface area contributed by atoms with Crippen molar-refractivity contribution >= 4 is 52.0 Å². The van der Waals surface area contributed by atoms with Crippen LogP contribution in [0.1, 0.15) is 63.8 Å². The van der Waals surface area contributed by atoms with Crippen LogP contribution in [0, 0.1) is 17.7 Å². The number of hydrogen-bond acceptors (Lipinski definition) is 5. The first kappa shape index (κ1) is 34.5. The lowest BCUT2D eigenvalue weighted by atomic mass is 9.87. The van der Waals surface area contributed by atoms with E-state index in [4.69, 9.17) is 33.7 Å².